The normalized spacial score (nSPS) is 12.9. The molecule has 0 bridgehead atoms. The van der Waals surface area contributed by atoms with Crippen molar-refractivity contribution in [2.75, 3.05) is 23.0 Å². The summed E-state index contributed by atoms with van der Waals surface area (Å²) in [7, 11) is 0. The van der Waals surface area contributed by atoms with Crippen molar-refractivity contribution >= 4 is 51.8 Å². The van der Waals surface area contributed by atoms with Gasteiger partial charge in [0.15, 0.2) is 4.34 Å². The molecule has 1 heterocycles. The van der Waals surface area contributed by atoms with E-state index >= 15 is 0 Å². The Labute approximate surface area is 169 Å². The standard InChI is InChI=1S/C17H19N5O4S2/c1-2-26-16(25)20-15-21-22-17(28-15)27-9-13(23)18-12-5-3-4-10(8-12)14(24)19-11-6-7-11/h3-5,8,11H,2,6-7,9H2,1H3,(H,18,23)(H,19,24)(H,20,21,25). The minimum absolute atomic E-state index is 0.118. The Morgan fingerprint density at radius 2 is 2.07 bits per heavy atom. The summed E-state index contributed by atoms with van der Waals surface area (Å²) in [6, 6.07) is 7.08. The van der Waals surface area contributed by atoms with E-state index in [9.17, 15) is 14.4 Å². The molecule has 1 saturated carbocycles. The molecule has 0 saturated heterocycles. The van der Waals surface area contributed by atoms with Crippen molar-refractivity contribution in [2.24, 2.45) is 0 Å². The van der Waals surface area contributed by atoms with Crippen LogP contribution >= 0.6 is 23.1 Å². The van der Waals surface area contributed by atoms with E-state index in [1.807, 2.05) is 0 Å². The van der Waals surface area contributed by atoms with E-state index in [0.717, 1.165) is 24.2 Å². The number of hydrogen-bond acceptors (Lipinski definition) is 8. The molecule has 3 rings (SSSR count). The van der Waals surface area contributed by atoms with Gasteiger partial charge in [-0.15, -0.1) is 10.2 Å². The first kappa shape index (κ1) is 20.1. The van der Waals surface area contributed by atoms with Gasteiger partial charge in [-0.05, 0) is 38.0 Å². The number of nitrogens with zero attached hydrogens (tertiary/aromatic N) is 2. The van der Waals surface area contributed by atoms with Crippen molar-refractivity contribution in [1.29, 1.82) is 0 Å². The zero-order valence-electron chi connectivity index (χ0n) is 15.1. The van der Waals surface area contributed by atoms with Crippen LogP contribution in [0.1, 0.15) is 30.1 Å². The zero-order valence-corrected chi connectivity index (χ0v) is 16.7. The van der Waals surface area contributed by atoms with E-state index in [2.05, 4.69) is 26.1 Å². The Morgan fingerprint density at radius 1 is 1.25 bits per heavy atom. The van der Waals surface area contributed by atoms with Crippen LogP contribution in [0.5, 0.6) is 0 Å². The molecule has 0 spiro atoms. The van der Waals surface area contributed by atoms with Gasteiger partial charge in [0.05, 0.1) is 12.4 Å². The van der Waals surface area contributed by atoms with Crippen LogP contribution in [0.25, 0.3) is 0 Å². The fraction of sp³-hybridized carbons (Fsp3) is 0.353. The maximum absolute atomic E-state index is 12.2. The number of aromatic nitrogens is 2. The minimum Gasteiger partial charge on any atom is -0.450 e. The molecule has 1 aliphatic carbocycles. The molecule has 3 N–H and O–H groups in total. The number of nitrogens with one attached hydrogen (secondary N) is 3. The molecule has 0 aliphatic heterocycles. The van der Waals surface area contributed by atoms with Crippen LogP contribution in [-0.2, 0) is 9.53 Å². The maximum Gasteiger partial charge on any atom is 0.413 e. The lowest BCUT2D eigenvalue weighted by atomic mass is 10.2. The smallest absolute Gasteiger partial charge is 0.413 e. The van der Waals surface area contributed by atoms with Gasteiger partial charge < -0.3 is 15.4 Å². The molecule has 1 fully saturated rings. The largest absolute Gasteiger partial charge is 0.450 e. The predicted molar refractivity (Wildman–Crippen MR) is 107 cm³/mol. The van der Waals surface area contributed by atoms with Gasteiger partial charge in [0.1, 0.15) is 0 Å². The van der Waals surface area contributed by atoms with Crippen LogP contribution in [0, 0.1) is 0 Å². The third-order valence-corrected chi connectivity index (χ3v) is 5.51. The van der Waals surface area contributed by atoms with Gasteiger partial charge in [0.25, 0.3) is 5.91 Å². The zero-order chi connectivity index (χ0) is 19.9. The number of carbonyl (C=O) groups excluding carboxylic acids is 3. The Balaban J connectivity index is 1.47. The summed E-state index contributed by atoms with van der Waals surface area (Å²) in [5, 5.41) is 16.2. The Hall–Kier alpha value is -2.66. The molecule has 28 heavy (non-hydrogen) atoms. The van der Waals surface area contributed by atoms with Gasteiger partial charge in [0.2, 0.25) is 11.0 Å². The summed E-state index contributed by atoms with van der Waals surface area (Å²) in [5.41, 5.74) is 1.06. The monoisotopic (exact) mass is 421 g/mol. The van der Waals surface area contributed by atoms with Crippen molar-refractivity contribution in [3.8, 4) is 0 Å². The van der Waals surface area contributed by atoms with E-state index < -0.39 is 6.09 Å². The molecule has 0 atom stereocenters. The molecule has 1 aliphatic rings. The second-order valence-corrected chi connectivity index (χ2v) is 8.08. The highest BCUT2D eigenvalue weighted by Crippen LogP contribution is 2.26. The number of benzene rings is 1. The van der Waals surface area contributed by atoms with Crippen molar-refractivity contribution in [3.05, 3.63) is 29.8 Å². The molecule has 3 amide bonds. The van der Waals surface area contributed by atoms with Gasteiger partial charge in [0, 0.05) is 17.3 Å². The summed E-state index contributed by atoms with van der Waals surface area (Å²) >= 11 is 2.35. The lowest BCUT2D eigenvalue weighted by Crippen LogP contribution is -2.25. The van der Waals surface area contributed by atoms with Gasteiger partial charge in [-0.25, -0.2) is 4.79 Å². The lowest BCUT2D eigenvalue weighted by Gasteiger charge is -2.07. The third-order valence-electron chi connectivity index (χ3n) is 3.54. The topological polar surface area (TPSA) is 122 Å². The van der Waals surface area contributed by atoms with Crippen LogP contribution in [0.4, 0.5) is 15.6 Å². The number of rotatable bonds is 8. The average Bonchev–Trinajstić information content (AvgIpc) is 3.37. The number of anilines is 2. The van der Waals surface area contributed by atoms with E-state index in [-0.39, 0.29) is 30.2 Å². The van der Waals surface area contributed by atoms with Crippen molar-refractivity contribution in [3.63, 3.8) is 0 Å². The summed E-state index contributed by atoms with van der Waals surface area (Å²) in [5.74, 6) is -0.254. The number of thioether (sulfide) groups is 1. The van der Waals surface area contributed by atoms with Gasteiger partial charge in [-0.3, -0.25) is 14.9 Å². The molecular weight excluding hydrogens is 402 g/mol. The SMILES string of the molecule is CCOC(=O)Nc1nnc(SCC(=O)Nc2cccc(C(=O)NC3CC3)c2)s1. The Kier molecular flexibility index (Phi) is 6.82. The molecular formula is C17H19N5O4S2. The highest BCUT2D eigenvalue weighted by molar-refractivity contribution is 8.01. The molecule has 0 radical (unpaired) electrons. The third kappa shape index (κ3) is 6.20. The molecule has 1 aromatic heterocycles. The number of amides is 3. The summed E-state index contributed by atoms with van der Waals surface area (Å²) in [6.45, 7) is 1.96. The van der Waals surface area contributed by atoms with E-state index in [1.165, 1.54) is 11.8 Å². The molecule has 1 aromatic carbocycles. The first-order valence-corrected chi connectivity index (χ1v) is 10.4. The van der Waals surface area contributed by atoms with E-state index in [1.54, 1.807) is 31.2 Å². The van der Waals surface area contributed by atoms with Crippen LogP contribution in [-0.4, -0.2) is 46.5 Å². The quantitative estimate of drug-likeness (QED) is 0.442. The number of ether oxygens (including phenoxy) is 1. The summed E-state index contributed by atoms with van der Waals surface area (Å²) < 4.78 is 5.30. The van der Waals surface area contributed by atoms with E-state index in [4.69, 9.17) is 4.74 Å². The first-order chi connectivity index (χ1) is 13.5. The number of hydrogen-bond donors (Lipinski definition) is 3. The molecule has 9 nitrogen and oxygen atoms in total. The minimum atomic E-state index is -0.599. The van der Waals surface area contributed by atoms with Crippen molar-refractivity contribution in [1.82, 2.24) is 15.5 Å². The summed E-state index contributed by atoms with van der Waals surface area (Å²) in [4.78, 5) is 35.6. The molecule has 148 valence electrons. The van der Waals surface area contributed by atoms with Crippen LogP contribution in [0.15, 0.2) is 28.6 Å². The fourth-order valence-corrected chi connectivity index (χ4v) is 3.67. The highest BCUT2D eigenvalue weighted by atomic mass is 32.2. The highest BCUT2D eigenvalue weighted by Gasteiger charge is 2.23. The van der Waals surface area contributed by atoms with Crippen molar-refractivity contribution < 1.29 is 19.1 Å². The summed E-state index contributed by atoms with van der Waals surface area (Å²) in [6.07, 6.45) is 1.43. The second kappa shape index (κ2) is 9.51. The predicted octanol–water partition coefficient (Wildman–Crippen LogP) is 2.73. The first-order valence-electron chi connectivity index (χ1n) is 8.64. The lowest BCUT2D eigenvalue weighted by molar-refractivity contribution is -0.113. The number of carbonyl (C=O) groups is 3. The maximum atomic E-state index is 12.2. The molecule has 0 unspecified atom stereocenters. The van der Waals surface area contributed by atoms with Crippen LogP contribution in [0.3, 0.4) is 0 Å². The van der Waals surface area contributed by atoms with Gasteiger partial charge >= 0.3 is 6.09 Å². The van der Waals surface area contributed by atoms with Crippen LogP contribution < -0.4 is 16.0 Å². The average molecular weight is 422 g/mol. The van der Waals surface area contributed by atoms with Gasteiger partial charge in [-0.2, -0.15) is 0 Å². The Bertz CT molecular complexity index is 869. The van der Waals surface area contributed by atoms with Crippen molar-refractivity contribution in [2.45, 2.75) is 30.1 Å². The van der Waals surface area contributed by atoms with Crippen LogP contribution in [0.2, 0.25) is 0 Å². The fourth-order valence-electron chi connectivity index (χ4n) is 2.13. The Morgan fingerprint density at radius 3 is 2.82 bits per heavy atom. The molecule has 2 aromatic rings. The van der Waals surface area contributed by atoms with E-state index in [0.29, 0.717) is 20.7 Å². The second-order valence-electron chi connectivity index (χ2n) is 5.88. The van der Waals surface area contributed by atoms with Gasteiger partial charge in [-0.1, -0.05) is 29.2 Å². The molecule has 11 heteroatoms.